The highest BCUT2D eigenvalue weighted by atomic mass is 35.5. The Labute approximate surface area is 198 Å². The monoisotopic (exact) mass is 467 g/mol. The number of allylic oxidation sites excluding steroid dienone is 2. The second-order valence-corrected chi connectivity index (χ2v) is 8.07. The highest BCUT2D eigenvalue weighted by Gasteiger charge is 2.43. The number of hydrogen-bond donors (Lipinski definition) is 1. The van der Waals surface area contributed by atoms with Crippen LogP contribution in [-0.4, -0.2) is 31.6 Å². The fourth-order valence-electron chi connectivity index (χ4n) is 4.43. The zero-order chi connectivity index (χ0) is 23.7. The topological polar surface area (TPSA) is 73.9 Å². The standard InChI is InChI=1S/C26H26ClNO5/c1-5-31-19-12-17(18(27)13-20(19)32-6-2)22-21(26(30)33-7-3)14(4)28-24-15-10-8-9-11-16(15)25(29)23(22)24/h8-13,22,28H,5-7H2,1-4H3/t22-/m0/s1. The first-order chi connectivity index (χ1) is 15.9. The van der Waals surface area contributed by atoms with Crippen LogP contribution in [0.3, 0.4) is 0 Å². The zero-order valence-electron chi connectivity index (χ0n) is 19.1. The number of rotatable bonds is 7. The summed E-state index contributed by atoms with van der Waals surface area (Å²) in [4.78, 5) is 26.7. The SMILES string of the molecule is CCOC(=O)C1=C(C)NC2=C(C(=O)c3ccccc32)[C@H]1c1cc(OCC)c(OCC)cc1Cl. The van der Waals surface area contributed by atoms with E-state index in [1.165, 1.54) is 0 Å². The molecule has 6 nitrogen and oxygen atoms in total. The third-order valence-corrected chi connectivity index (χ3v) is 6.05. The Hall–Kier alpha value is -3.25. The Bertz CT molecular complexity index is 1200. The van der Waals surface area contributed by atoms with Crippen molar-refractivity contribution in [2.45, 2.75) is 33.6 Å². The molecule has 1 atom stereocenters. The van der Waals surface area contributed by atoms with Crippen LogP contribution in [0.4, 0.5) is 0 Å². The van der Waals surface area contributed by atoms with Crippen molar-refractivity contribution in [3.8, 4) is 11.5 Å². The first-order valence-corrected chi connectivity index (χ1v) is 11.4. The van der Waals surface area contributed by atoms with Gasteiger partial charge in [-0.1, -0.05) is 35.9 Å². The number of hydrogen-bond acceptors (Lipinski definition) is 6. The molecule has 0 saturated heterocycles. The van der Waals surface area contributed by atoms with E-state index in [0.29, 0.717) is 63.4 Å². The Kier molecular flexibility index (Phi) is 6.47. The Morgan fingerprint density at radius 2 is 1.64 bits per heavy atom. The molecular formula is C26H26ClNO5. The van der Waals surface area contributed by atoms with Crippen molar-refractivity contribution in [1.82, 2.24) is 5.32 Å². The summed E-state index contributed by atoms with van der Waals surface area (Å²) in [5.41, 5.74) is 4.10. The molecule has 4 rings (SSSR count). The summed E-state index contributed by atoms with van der Waals surface area (Å²) in [6.07, 6.45) is 0. The fraction of sp³-hybridized carbons (Fsp3) is 0.308. The minimum absolute atomic E-state index is 0.143. The van der Waals surface area contributed by atoms with Gasteiger partial charge >= 0.3 is 5.97 Å². The predicted octanol–water partition coefficient (Wildman–Crippen LogP) is 5.27. The number of carbonyl (C=O) groups excluding carboxylic acids is 2. The lowest BCUT2D eigenvalue weighted by Gasteiger charge is -2.30. The Balaban J connectivity index is 1.96. The van der Waals surface area contributed by atoms with Gasteiger partial charge in [-0.25, -0.2) is 4.79 Å². The van der Waals surface area contributed by atoms with Gasteiger partial charge in [-0.3, -0.25) is 4.79 Å². The van der Waals surface area contributed by atoms with Crippen LogP contribution in [0.5, 0.6) is 11.5 Å². The predicted molar refractivity (Wildman–Crippen MR) is 127 cm³/mol. The van der Waals surface area contributed by atoms with Crippen LogP contribution in [0.2, 0.25) is 5.02 Å². The Morgan fingerprint density at radius 1 is 1.00 bits per heavy atom. The number of ether oxygens (including phenoxy) is 3. The number of nitrogens with one attached hydrogen (secondary N) is 1. The van der Waals surface area contributed by atoms with Crippen LogP contribution < -0.4 is 14.8 Å². The molecule has 1 N–H and O–H groups in total. The summed E-state index contributed by atoms with van der Waals surface area (Å²) in [5.74, 6) is -0.345. The van der Waals surface area contributed by atoms with Gasteiger partial charge in [-0.15, -0.1) is 0 Å². The highest BCUT2D eigenvalue weighted by Crippen LogP contribution is 2.50. The van der Waals surface area contributed by atoms with Crippen molar-refractivity contribution in [2.24, 2.45) is 0 Å². The van der Waals surface area contributed by atoms with E-state index in [0.717, 1.165) is 5.56 Å². The third kappa shape index (κ3) is 3.89. The van der Waals surface area contributed by atoms with E-state index in [2.05, 4.69) is 5.32 Å². The van der Waals surface area contributed by atoms with Gasteiger partial charge in [0, 0.05) is 33.5 Å². The quantitative estimate of drug-likeness (QED) is 0.559. The average molecular weight is 468 g/mol. The molecule has 2 aromatic carbocycles. The number of Topliss-reactive ketones (excluding diaryl/α,β-unsaturated/α-hetero) is 1. The van der Waals surface area contributed by atoms with Gasteiger partial charge in [0.05, 0.1) is 37.0 Å². The molecule has 172 valence electrons. The van der Waals surface area contributed by atoms with E-state index in [1.807, 2.05) is 32.0 Å². The minimum atomic E-state index is -0.720. The molecule has 0 bridgehead atoms. The van der Waals surface area contributed by atoms with Gasteiger partial charge in [0.25, 0.3) is 0 Å². The van der Waals surface area contributed by atoms with Crippen LogP contribution in [-0.2, 0) is 9.53 Å². The molecule has 0 aromatic heterocycles. The lowest BCUT2D eigenvalue weighted by atomic mass is 9.79. The summed E-state index contributed by atoms with van der Waals surface area (Å²) in [6.45, 7) is 8.38. The van der Waals surface area contributed by atoms with Gasteiger partial charge in [0.1, 0.15) is 0 Å². The fourth-order valence-corrected chi connectivity index (χ4v) is 4.69. The summed E-state index contributed by atoms with van der Waals surface area (Å²) in [7, 11) is 0. The van der Waals surface area contributed by atoms with Crippen LogP contribution in [0.1, 0.15) is 55.1 Å². The lowest BCUT2D eigenvalue weighted by Crippen LogP contribution is -2.29. The number of ketones is 1. The van der Waals surface area contributed by atoms with E-state index in [1.54, 1.807) is 32.0 Å². The average Bonchev–Trinajstić information content (AvgIpc) is 3.07. The van der Waals surface area contributed by atoms with Crippen molar-refractivity contribution >= 4 is 29.1 Å². The lowest BCUT2D eigenvalue weighted by molar-refractivity contribution is -0.138. The van der Waals surface area contributed by atoms with Gasteiger partial charge in [0.15, 0.2) is 17.3 Å². The molecule has 1 aliphatic heterocycles. The molecular weight excluding hydrogens is 442 g/mol. The number of carbonyl (C=O) groups is 2. The first kappa shape index (κ1) is 22.9. The maximum atomic E-state index is 13.6. The van der Waals surface area contributed by atoms with Crippen molar-refractivity contribution < 1.29 is 23.8 Å². The number of dihydropyridines is 1. The summed E-state index contributed by atoms with van der Waals surface area (Å²) in [5, 5.41) is 3.66. The van der Waals surface area contributed by atoms with Crippen molar-refractivity contribution in [2.75, 3.05) is 19.8 Å². The molecule has 2 aromatic rings. The van der Waals surface area contributed by atoms with Gasteiger partial charge in [-0.05, 0) is 39.3 Å². The smallest absolute Gasteiger partial charge is 0.336 e. The normalized spacial score (nSPS) is 16.9. The van der Waals surface area contributed by atoms with E-state index < -0.39 is 11.9 Å². The van der Waals surface area contributed by atoms with Gasteiger partial charge in [-0.2, -0.15) is 0 Å². The van der Waals surface area contributed by atoms with Crippen molar-refractivity contribution in [3.05, 3.63) is 75.0 Å². The molecule has 0 fully saturated rings. The second kappa shape index (κ2) is 9.32. The molecule has 0 radical (unpaired) electrons. The molecule has 33 heavy (non-hydrogen) atoms. The maximum Gasteiger partial charge on any atom is 0.336 e. The maximum absolute atomic E-state index is 13.6. The molecule has 2 aliphatic rings. The van der Waals surface area contributed by atoms with E-state index in [9.17, 15) is 9.59 Å². The number of benzene rings is 2. The van der Waals surface area contributed by atoms with Crippen LogP contribution >= 0.6 is 11.6 Å². The molecule has 1 heterocycles. The number of halogens is 1. The van der Waals surface area contributed by atoms with E-state index in [4.69, 9.17) is 25.8 Å². The highest BCUT2D eigenvalue weighted by molar-refractivity contribution is 6.32. The molecule has 0 saturated carbocycles. The first-order valence-electron chi connectivity index (χ1n) is 11.0. The van der Waals surface area contributed by atoms with Crippen LogP contribution in [0.15, 0.2) is 53.2 Å². The summed E-state index contributed by atoms with van der Waals surface area (Å²) >= 11 is 6.75. The molecule has 0 spiro atoms. The van der Waals surface area contributed by atoms with Gasteiger partial charge in [0.2, 0.25) is 0 Å². The van der Waals surface area contributed by atoms with Gasteiger partial charge < -0.3 is 19.5 Å². The largest absolute Gasteiger partial charge is 0.490 e. The summed E-state index contributed by atoms with van der Waals surface area (Å²) in [6, 6.07) is 10.8. The third-order valence-electron chi connectivity index (χ3n) is 5.72. The Morgan fingerprint density at radius 3 is 2.27 bits per heavy atom. The molecule has 7 heteroatoms. The molecule has 0 amide bonds. The van der Waals surface area contributed by atoms with Crippen molar-refractivity contribution in [1.29, 1.82) is 0 Å². The second-order valence-electron chi connectivity index (χ2n) is 7.67. The minimum Gasteiger partial charge on any atom is -0.490 e. The molecule has 1 aliphatic carbocycles. The molecule has 0 unspecified atom stereocenters. The van der Waals surface area contributed by atoms with Crippen LogP contribution in [0.25, 0.3) is 5.70 Å². The van der Waals surface area contributed by atoms with E-state index in [-0.39, 0.29) is 12.4 Å². The number of esters is 1. The number of fused-ring (bicyclic) bond motifs is 2. The summed E-state index contributed by atoms with van der Waals surface area (Å²) < 4.78 is 16.9. The van der Waals surface area contributed by atoms with Crippen molar-refractivity contribution in [3.63, 3.8) is 0 Å². The zero-order valence-corrected chi connectivity index (χ0v) is 19.8. The van der Waals surface area contributed by atoms with Crippen LogP contribution in [0, 0.1) is 0 Å². The van der Waals surface area contributed by atoms with E-state index >= 15 is 0 Å².